The SMILES string of the molecule is CCc1nc(-c2cccc(NC(C)=O)c2)sc1C(=O)O. The van der Waals surface area contributed by atoms with Crippen LogP contribution in [0.4, 0.5) is 5.69 Å². The molecule has 0 fully saturated rings. The molecule has 0 unspecified atom stereocenters. The topological polar surface area (TPSA) is 79.3 Å². The lowest BCUT2D eigenvalue weighted by atomic mass is 10.2. The maximum atomic E-state index is 11.2. The largest absolute Gasteiger partial charge is 0.477 e. The fourth-order valence-electron chi connectivity index (χ4n) is 1.82. The van der Waals surface area contributed by atoms with Gasteiger partial charge in [-0.2, -0.15) is 0 Å². The molecule has 104 valence electrons. The van der Waals surface area contributed by atoms with Crippen LogP contribution in [-0.2, 0) is 11.2 Å². The summed E-state index contributed by atoms with van der Waals surface area (Å²) in [4.78, 5) is 26.8. The van der Waals surface area contributed by atoms with Crippen LogP contribution in [0.15, 0.2) is 24.3 Å². The van der Waals surface area contributed by atoms with Gasteiger partial charge >= 0.3 is 5.97 Å². The Morgan fingerprint density at radius 2 is 2.15 bits per heavy atom. The zero-order valence-electron chi connectivity index (χ0n) is 11.1. The van der Waals surface area contributed by atoms with Crippen molar-refractivity contribution in [3.8, 4) is 10.6 Å². The molecule has 0 radical (unpaired) electrons. The van der Waals surface area contributed by atoms with Gasteiger partial charge < -0.3 is 10.4 Å². The van der Waals surface area contributed by atoms with Crippen molar-refractivity contribution in [1.82, 2.24) is 4.98 Å². The number of hydrogen-bond donors (Lipinski definition) is 2. The zero-order valence-corrected chi connectivity index (χ0v) is 12.0. The number of thiazole rings is 1. The van der Waals surface area contributed by atoms with Gasteiger partial charge in [-0.25, -0.2) is 9.78 Å². The third kappa shape index (κ3) is 3.03. The Bertz CT molecular complexity index is 664. The van der Waals surface area contributed by atoms with E-state index in [4.69, 9.17) is 5.11 Å². The summed E-state index contributed by atoms with van der Waals surface area (Å²) >= 11 is 1.15. The lowest BCUT2D eigenvalue weighted by molar-refractivity contribution is -0.114. The number of carboxylic acids is 1. The average Bonchev–Trinajstić information content (AvgIpc) is 2.82. The van der Waals surface area contributed by atoms with Gasteiger partial charge in [-0.05, 0) is 18.6 Å². The number of anilines is 1. The molecule has 20 heavy (non-hydrogen) atoms. The normalized spacial score (nSPS) is 10.3. The highest BCUT2D eigenvalue weighted by Crippen LogP contribution is 2.30. The molecule has 2 aromatic rings. The highest BCUT2D eigenvalue weighted by atomic mass is 32.1. The minimum Gasteiger partial charge on any atom is -0.477 e. The summed E-state index contributed by atoms with van der Waals surface area (Å²) in [5, 5.41) is 12.5. The van der Waals surface area contributed by atoms with Crippen molar-refractivity contribution in [2.24, 2.45) is 0 Å². The first-order valence-electron chi connectivity index (χ1n) is 6.12. The van der Waals surface area contributed by atoms with E-state index >= 15 is 0 Å². The van der Waals surface area contributed by atoms with Gasteiger partial charge in [0.1, 0.15) is 9.88 Å². The van der Waals surface area contributed by atoms with Crippen molar-refractivity contribution in [3.05, 3.63) is 34.8 Å². The Morgan fingerprint density at radius 1 is 1.40 bits per heavy atom. The molecule has 0 aliphatic heterocycles. The number of carbonyl (C=O) groups is 2. The van der Waals surface area contributed by atoms with Crippen LogP contribution in [0.1, 0.15) is 29.2 Å². The summed E-state index contributed by atoms with van der Waals surface area (Å²) in [6, 6.07) is 7.20. The number of nitrogens with one attached hydrogen (secondary N) is 1. The van der Waals surface area contributed by atoms with Gasteiger partial charge in [0.2, 0.25) is 5.91 Å². The monoisotopic (exact) mass is 290 g/mol. The van der Waals surface area contributed by atoms with Crippen LogP contribution in [0.3, 0.4) is 0 Å². The summed E-state index contributed by atoms with van der Waals surface area (Å²) in [6.07, 6.45) is 0.573. The van der Waals surface area contributed by atoms with E-state index in [2.05, 4.69) is 10.3 Å². The molecule has 2 N–H and O–H groups in total. The molecular formula is C14H14N2O3S. The van der Waals surface area contributed by atoms with E-state index in [-0.39, 0.29) is 10.8 Å². The van der Waals surface area contributed by atoms with Crippen molar-refractivity contribution >= 4 is 28.9 Å². The smallest absolute Gasteiger partial charge is 0.347 e. The van der Waals surface area contributed by atoms with Crippen LogP contribution in [0, 0.1) is 0 Å². The maximum Gasteiger partial charge on any atom is 0.347 e. The fraction of sp³-hybridized carbons (Fsp3) is 0.214. The van der Waals surface area contributed by atoms with Gasteiger partial charge in [0.15, 0.2) is 0 Å². The Labute approximate surface area is 120 Å². The Morgan fingerprint density at radius 3 is 2.70 bits per heavy atom. The Balaban J connectivity index is 2.41. The molecule has 0 aliphatic carbocycles. The minimum absolute atomic E-state index is 0.151. The molecule has 0 saturated heterocycles. The number of carboxylic acid groups (broad SMARTS) is 1. The summed E-state index contributed by atoms with van der Waals surface area (Å²) < 4.78 is 0. The Kier molecular flexibility index (Phi) is 4.14. The van der Waals surface area contributed by atoms with E-state index in [1.54, 1.807) is 18.2 Å². The van der Waals surface area contributed by atoms with Gasteiger partial charge in [-0.15, -0.1) is 11.3 Å². The molecule has 5 nitrogen and oxygen atoms in total. The number of aromatic carboxylic acids is 1. The van der Waals surface area contributed by atoms with Crippen molar-refractivity contribution in [3.63, 3.8) is 0 Å². The molecule has 0 saturated carbocycles. The molecule has 0 spiro atoms. The maximum absolute atomic E-state index is 11.2. The van der Waals surface area contributed by atoms with E-state index in [9.17, 15) is 9.59 Å². The number of rotatable bonds is 4. The first-order valence-corrected chi connectivity index (χ1v) is 6.94. The highest BCUT2D eigenvalue weighted by Gasteiger charge is 2.16. The van der Waals surface area contributed by atoms with Crippen LogP contribution >= 0.6 is 11.3 Å². The summed E-state index contributed by atoms with van der Waals surface area (Å²) in [5.41, 5.74) is 2.05. The first-order chi connectivity index (χ1) is 9.51. The molecule has 1 amide bonds. The van der Waals surface area contributed by atoms with Crippen LogP contribution < -0.4 is 5.32 Å². The number of benzene rings is 1. The molecule has 0 bridgehead atoms. The van der Waals surface area contributed by atoms with E-state index in [1.807, 2.05) is 13.0 Å². The van der Waals surface area contributed by atoms with E-state index in [0.717, 1.165) is 16.9 Å². The number of aryl methyl sites for hydroxylation is 1. The number of amides is 1. The average molecular weight is 290 g/mol. The third-order valence-corrected chi connectivity index (χ3v) is 3.79. The van der Waals surface area contributed by atoms with E-state index in [0.29, 0.717) is 22.8 Å². The number of carbonyl (C=O) groups excluding carboxylic acids is 1. The number of hydrogen-bond acceptors (Lipinski definition) is 4. The third-order valence-electron chi connectivity index (χ3n) is 2.66. The van der Waals surface area contributed by atoms with Gasteiger partial charge in [0.05, 0.1) is 5.69 Å². The lowest BCUT2D eigenvalue weighted by Gasteiger charge is -2.03. The lowest BCUT2D eigenvalue weighted by Crippen LogP contribution is -2.05. The fourth-order valence-corrected chi connectivity index (χ4v) is 2.80. The second-order valence-corrected chi connectivity index (χ2v) is 5.21. The van der Waals surface area contributed by atoms with Gasteiger partial charge in [0, 0.05) is 18.2 Å². The zero-order chi connectivity index (χ0) is 14.7. The number of aromatic nitrogens is 1. The van der Waals surface area contributed by atoms with Crippen LogP contribution in [0.5, 0.6) is 0 Å². The first kappa shape index (κ1) is 14.2. The van der Waals surface area contributed by atoms with E-state index in [1.165, 1.54) is 6.92 Å². The molecule has 0 atom stereocenters. The number of nitrogens with zero attached hydrogens (tertiary/aromatic N) is 1. The predicted octanol–water partition coefficient (Wildman–Crippen LogP) is 3.03. The van der Waals surface area contributed by atoms with Crippen LogP contribution in [-0.4, -0.2) is 22.0 Å². The predicted molar refractivity (Wildman–Crippen MR) is 78.2 cm³/mol. The molecule has 0 aliphatic rings. The molecule has 1 aromatic heterocycles. The van der Waals surface area contributed by atoms with Crippen molar-refractivity contribution < 1.29 is 14.7 Å². The van der Waals surface area contributed by atoms with E-state index < -0.39 is 5.97 Å². The summed E-state index contributed by atoms with van der Waals surface area (Å²) in [6.45, 7) is 3.31. The molecular weight excluding hydrogens is 276 g/mol. The molecule has 1 heterocycles. The Hall–Kier alpha value is -2.21. The van der Waals surface area contributed by atoms with Gasteiger partial charge in [-0.1, -0.05) is 19.1 Å². The summed E-state index contributed by atoms with van der Waals surface area (Å²) in [5.74, 6) is -1.11. The standard InChI is InChI=1S/C14H14N2O3S/c1-3-11-12(14(18)19)20-13(16-11)9-5-4-6-10(7-9)15-8(2)17/h4-7H,3H2,1-2H3,(H,15,17)(H,18,19). The van der Waals surface area contributed by atoms with Gasteiger partial charge in [-0.3, -0.25) is 4.79 Å². The molecule has 6 heteroatoms. The van der Waals surface area contributed by atoms with Crippen LogP contribution in [0.25, 0.3) is 10.6 Å². The quantitative estimate of drug-likeness (QED) is 0.907. The van der Waals surface area contributed by atoms with Crippen molar-refractivity contribution in [2.75, 3.05) is 5.32 Å². The molecule has 1 aromatic carbocycles. The minimum atomic E-state index is -0.955. The highest BCUT2D eigenvalue weighted by molar-refractivity contribution is 7.17. The van der Waals surface area contributed by atoms with Crippen LogP contribution in [0.2, 0.25) is 0 Å². The summed E-state index contributed by atoms with van der Waals surface area (Å²) in [7, 11) is 0. The molecule has 2 rings (SSSR count). The second kappa shape index (κ2) is 5.83. The van der Waals surface area contributed by atoms with Gasteiger partial charge in [0.25, 0.3) is 0 Å². The van der Waals surface area contributed by atoms with Crippen molar-refractivity contribution in [2.45, 2.75) is 20.3 Å². The van der Waals surface area contributed by atoms with Crippen molar-refractivity contribution in [1.29, 1.82) is 0 Å². The second-order valence-electron chi connectivity index (χ2n) is 4.22.